The Kier molecular flexibility index (Phi) is 4.52. The summed E-state index contributed by atoms with van der Waals surface area (Å²) in [6.45, 7) is 0.370. The van der Waals surface area contributed by atoms with Crippen molar-refractivity contribution < 1.29 is 9.53 Å². The number of halogens is 1. The number of carbonyl (C=O) groups is 1. The topological polar surface area (TPSA) is 32.5 Å². The Balaban J connectivity index is 0.000000140. The van der Waals surface area contributed by atoms with Crippen molar-refractivity contribution in [3.8, 4) is 0 Å². The standard InChI is InChI=1S/C17H20BrNO2.C9H13N/c18-16-13-6-12-7-14(9-13)19(15(16)8-12)17(20)21-10-11-4-2-1-3-5-11;1-5-2-7-4-6(1)9-8(3-5)10(7)9/h1-5,12-16H,6-10H2;5-9H,1-4H2. The van der Waals surface area contributed by atoms with Crippen LogP contribution in [0.5, 0.6) is 0 Å². The lowest BCUT2D eigenvalue weighted by Gasteiger charge is -2.58. The van der Waals surface area contributed by atoms with Gasteiger partial charge in [0.2, 0.25) is 0 Å². The zero-order valence-corrected chi connectivity index (χ0v) is 19.7. The lowest BCUT2D eigenvalue weighted by molar-refractivity contribution is -0.0468. The van der Waals surface area contributed by atoms with Gasteiger partial charge in [-0.2, -0.15) is 0 Å². The Morgan fingerprint density at radius 3 is 2.35 bits per heavy atom. The Bertz CT molecular complexity index is 842. The number of benzene rings is 1. The predicted octanol–water partition coefficient (Wildman–Crippen LogP) is 5.20. The highest BCUT2D eigenvalue weighted by molar-refractivity contribution is 9.09. The minimum Gasteiger partial charge on any atom is -0.445 e. The van der Waals surface area contributed by atoms with Gasteiger partial charge >= 0.3 is 6.09 Å². The fraction of sp³-hybridized carbons (Fsp3) is 0.731. The number of nitrogens with zero attached hydrogens (tertiary/aromatic N) is 2. The van der Waals surface area contributed by atoms with E-state index < -0.39 is 0 Å². The third-order valence-electron chi connectivity index (χ3n) is 9.70. The quantitative estimate of drug-likeness (QED) is 0.427. The van der Waals surface area contributed by atoms with Crippen LogP contribution in [0.2, 0.25) is 0 Å². The van der Waals surface area contributed by atoms with E-state index in [2.05, 4.69) is 20.8 Å². The van der Waals surface area contributed by atoms with Gasteiger partial charge in [-0.3, -0.25) is 4.90 Å². The molecule has 1 aromatic rings. The van der Waals surface area contributed by atoms with Crippen LogP contribution >= 0.6 is 15.9 Å². The van der Waals surface area contributed by atoms with Gasteiger partial charge in [0, 0.05) is 35.0 Å². The SMILES string of the molecule is C1C2CC3CC1C1C(C2)N31.O=C(OCc1ccccc1)N1C2CC3CC(C2)C(Br)C1C3. The van der Waals surface area contributed by atoms with Gasteiger partial charge in [-0.25, -0.2) is 4.79 Å². The van der Waals surface area contributed by atoms with Gasteiger partial charge in [0.1, 0.15) is 6.61 Å². The minimum absolute atomic E-state index is 0.128. The summed E-state index contributed by atoms with van der Waals surface area (Å²) in [5.74, 6) is 3.89. The number of hydrogen-bond donors (Lipinski definition) is 0. The van der Waals surface area contributed by atoms with E-state index in [1.165, 1.54) is 12.8 Å². The number of rotatable bonds is 2. The molecule has 31 heavy (non-hydrogen) atoms. The smallest absolute Gasteiger partial charge is 0.410 e. The van der Waals surface area contributed by atoms with E-state index in [1.807, 2.05) is 35.2 Å². The summed E-state index contributed by atoms with van der Waals surface area (Å²) < 4.78 is 5.57. The Morgan fingerprint density at radius 2 is 1.58 bits per heavy atom. The first-order valence-corrected chi connectivity index (χ1v) is 13.5. The molecule has 0 N–H and O–H groups in total. The number of hydrogen-bond acceptors (Lipinski definition) is 3. The molecule has 4 saturated carbocycles. The van der Waals surface area contributed by atoms with Crippen LogP contribution in [0, 0.1) is 23.7 Å². The number of amides is 1. The van der Waals surface area contributed by atoms with Crippen LogP contribution in [-0.2, 0) is 11.3 Å². The number of ether oxygens (including phenoxy) is 1. The second-order valence-electron chi connectivity index (χ2n) is 11.4. The van der Waals surface area contributed by atoms with Crippen LogP contribution in [-0.4, -0.2) is 50.9 Å². The summed E-state index contributed by atoms with van der Waals surface area (Å²) in [6, 6.07) is 13.9. The summed E-state index contributed by atoms with van der Waals surface area (Å²) in [7, 11) is 0. The fourth-order valence-corrected chi connectivity index (χ4v) is 9.60. The van der Waals surface area contributed by atoms with Crippen LogP contribution < -0.4 is 0 Å². The van der Waals surface area contributed by atoms with Crippen molar-refractivity contribution in [3.63, 3.8) is 0 Å². The molecule has 11 unspecified atom stereocenters. The van der Waals surface area contributed by atoms with E-state index in [9.17, 15) is 4.79 Å². The highest BCUT2D eigenvalue weighted by Gasteiger charge is 2.66. The van der Waals surface area contributed by atoms with Gasteiger partial charge in [0.15, 0.2) is 0 Å². The summed E-state index contributed by atoms with van der Waals surface area (Å²) >= 11 is 3.83. The maximum absolute atomic E-state index is 12.5. The molecule has 9 aliphatic rings. The van der Waals surface area contributed by atoms with Gasteiger partial charge in [0.05, 0.1) is 0 Å². The van der Waals surface area contributed by atoms with Crippen molar-refractivity contribution >= 4 is 22.0 Å². The molecule has 0 radical (unpaired) electrons. The molecule has 11 atom stereocenters. The second-order valence-corrected chi connectivity index (χ2v) is 12.5. The van der Waals surface area contributed by atoms with Gasteiger partial charge < -0.3 is 9.64 Å². The Labute approximate surface area is 193 Å². The van der Waals surface area contributed by atoms with E-state index in [-0.39, 0.29) is 6.09 Å². The third kappa shape index (κ3) is 3.13. The largest absolute Gasteiger partial charge is 0.445 e. The summed E-state index contributed by atoms with van der Waals surface area (Å²) in [6.07, 6.45) is 11.0. The molecule has 5 heteroatoms. The maximum Gasteiger partial charge on any atom is 0.410 e. The zero-order valence-electron chi connectivity index (χ0n) is 18.1. The van der Waals surface area contributed by atoms with Crippen LogP contribution in [0.15, 0.2) is 30.3 Å². The monoisotopic (exact) mass is 484 g/mol. The fourth-order valence-electron chi connectivity index (χ4n) is 8.69. The van der Waals surface area contributed by atoms with Crippen molar-refractivity contribution in [2.24, 2.45) is 23.7 Å². The molecule has 1 aromatic carbocycles. The molecule has 166 valence electrons. The van der Waals surface area contributed by atoms with Crippen molar-refractivity contribution in [1.82, 2.24) is 9.80 Å². The Hall–Kier alpha value is -1.07. The zero-order chi connectivity index (χ0) is 20.7. The van der Waals surface area contributed by atoms with Gasteiger partial charge in [0.25, 0.3) is 0 Å². The van der Waals surface area contributed by atoms with Crippen LogP contribution in [0.3, 0.4) is 0 Å². The summed E-state index contributed by atoms with van der Waals surface area (Å²) in [5, 5.41) is 0. The number of carbonyl (C=O) groups excluding carboxylic acids is 1. The molecule has 4 nitrogen and oxygen atoms in total. The third-order valence-corrected chi connectivity index (χ3v) is 11.1. The highest BCUT2D eigenvalue weighted by atomic mass is 79.9. The molecular weight excluding hydrogens is 452 g/mol. The lowest BCUT2D eigenvalue weighted by atomic mass is 9.63. The molecule has 9 fully saturated rings. The molecule has 5 aliphatic heterocycles. The first-order chi connectivity index (χ1) is 15.2. The average Bonchev–Trinajstić information content (AvgIpc) is 3.45. The van der Waals surface area contributed by atoms with Crippen LogP contribution in [0.4, 0.5) is 4.79 Å². The number of piperidine rings is 4. The first kappa shape index (κ1) is 19.4. The maximum atomic E-state index is 12.5. The molecule has 5 heterocycles. The molecule has 0 aromatic heterocycles. The van der Waals surface area contributed by atoms with E-state index in [4.69, 9.17) is 4.74 Å². The average molecular weight is 485 g/mol. The van der Waals surface area contributed by atoms with Gasteiger partial charge in [-0.15, -0.1) is 0 Å². The molecule has 8 bridgehead atoms. The summed E-state index contributed by atoms with van der Waals surface area (Å²) in [4.78, 5) is 17.8. The second kappa shape index (κ2) is 7.21. The van der Waals surface area contributed by atoms with Crippen molar-refractivity contribution in [1.29, 1.82) is 0 Å². The van der Waals surface area contributed by atoms with Crippen LogP contribution in [0.25, 0.3) is 0 Å². The first-order valence-electron chi connectivity index (χ1n) is 12.6. The molecule has 5 saturated heterocycles. The lowest BCUT2D eigenvalue weighted by Crippen LogP contribution is -2.64. The van der Waals surface area contributed by atoms with Gasteiger partial charge in [-0.05, 0) is 80.6 Å². The van der Waals surface area contributed by atoms with Crippen molar-refractivity contribution in [2.45, 2.75) is 93.0 Å². The number of alkyl halides is 1. The molecule has 10 rings (SSSR count). The normalized spacial score (nSPS) is 48.9. The van der Waals surface area contributed by atoms with Gasteiger partial charge in [-0.1, -0.05) is 46.3 Å². The minimum atomic E-state index is -0.128. The van der Waals surface area contributed by atoms with E-state index in [0.29, 0.717) is 23.5 Å². The molecule has 0 spiro atoms. The highest BCUT2D eigenvalue weighted by Crippen LogP contribution is 2.61. The van der Waals surface area contributed by atoms with Crippen LogP contribution in [0.1, 0.15) is 56.9 Å². The Morgan fingerprint density at radius 1 is 0.871 bits per heavy atom. The van der Waals surface area contributed by atoms with E-state index in [1.54, 1.807) is 25.7 Å². The molecule has 1 amide bonds. The van der Waals surface area contributed by atoms with E-state index in [0.717, 1.165) is 60.2 Å². The predicted molar refractivity (Wildman–Crippen MR) is 123 cm³/mol. The van der Waals surface area contributed by atoms with E-state index >= 15 is 0 Å². The summed E-state index contributed by atoms with van der Waals surface area (Å²) in [5.41, 5.74) is 1.05. The molecule has 4 aliphatic carbocycles. The molecular formula is C26H33BrN2O2. The van der Waals surface area contributed by atoms with Crippen molar-refractivity contribution in [3.05, 3.63) is 35.9 Å². The van der Waals surface area contributed by atoms with Crippen molar-refractivity contribution in [2.75, 3.05) is 0 Å².